The smallest absolute Gasteiger partial charge is 0.420 e. The molecule has 0 aromatic heterocycles. The Morgan fingerprint density at radius 2 is 1.22 bits per heavy atom. The first kappa shape index (κ1) is 32.8. The van der Waals surface area contributed by atoms with Gasteiger partial charge in [-0.2, -0.15) is 0 Å². The predicted octanol–water partition coefficient (Wildman–Crippen LogP) is 5.80. The van der Waals surface area contributed by atoms with Gasteiger partial charge in [0.25, 0.3) is 0 Å². The molecule has 0 aliphatic carbocycles. The molecule has 0 fully saturated rings. The van der Waals surface area contributed by atoms with Crippen LogP contribution in [0.4, 0.5) is 0 Å². The van der Waals surface area contributed by atoms with Crippen molar-refractivity contribution in [2.45, 2.75) is 16.9 Å². The standard InChI is InChI=1S/C30H34Cl2O9/c1-34-17-19-36-21-38-30(32,39-22-37-20-18-35-2)41-26-16-10-9-15-25(26)27(31)29(33)40-28(23-11-5-3-6-12-23)24-13-7-4-8-14-24/h3-16,27-28H,17-22H2,1-2H3. The Labute approximate surface area is 250 Å². The molecule has 3 aromatic rings. The topological polar surface area (TPSA) is 90.9 Å². The molecule has 3 aromatic carbocycles. The first-order valence-electron chi connectivity index (χ1n) is 12.8. The van der Waals surface area contributed by atoms with Crippen molar-refractivity contribution < 1.29 is 42.7 Å². The Morgan fingerprint density at radius 3 is 1.73 bits per heavy atom. The second-order valence-electron chi connectivity index (χ2n) is 8.45. The summed E-state index contributed by atoms with van der Waals surface area (Å²) in [6.45, 7) is 0.650. The molecule has 9 nitrogen and oxygen atoms in total. The van der Waals surface area contributed by atoms with Gasteiger partial charge in [-0.05, 0) is 28.8 Å². The SMILES string of the molecule is COCCOCOC(Cl)(OCOCCOC)Oc1ccccc1C(Cl)C(=O)OC(c1ccccc1)c1ccccc1. The molecule has 3 rings (SSSR count). The summed E-state index contributed by atoms with van der Waals surface area (Å²) >= 11 is 13.2. The van der Waals surface area contributed by atoms with E-state index in [0.717, 1.165) is 11.1 Å². The molecule has 0 heterocycles. The van der Waals surface area contributed by atoms with Gasteiger partial charge in [-0.25, -0.2) is 0 Å². The number of hydrogen-bond acceptors (Lipinski definition) is 9. The predicted molar refractivity (Wildman–Crippen MR) is 153 cm³/mol. The lowest BCUT2D eigenvalue weighted by molar-refractivity contribution is -0.333. The number of carbonyl (C=O) groups is 1. The lowest BCUT2D eigenvalue weighted by Crippen LogP contribution is -2.38. The van der Waals surface area contributed by atoms with E-state index in [1.807, 2.05) is 60.7 Å². The van der Waals surface area contributed by atoms with E-state index in [1.54, 1.807) is 38.5 Å². The summed E-state index contributed by atoms with van der Waals surface area (Å²) in [6, 6.07) is 25.4. The van der Waals surface area contributed by atoms with Gasteiger partial charge in [0.1, 0.15) is 5.75 Å². The summed E-state index contributed by atoms with van der Waals surface area (Å²) < 4.78 is 43.5. The molecule has 0 spiro atoms. The minimum atomic E-state index is -2.17. The highest BCUT2D eigenvalue weighted by Gasteiger charge is 2.36. The number of alkyl halides is 2. The lowest BCUT2D eigenvalue weighted by Gasteiger charge is -2.28. The molecule has 0 saturated heterocycles. The van der Waals surface area contributed by atoms with Crippen molar-refractivity contribution >= 4 is 29.2 Å². The molecule has 1 unspecified atom stereocenters. The Hall–Kier alpha value is -2.73. The summed E-state index contributed by atoms with van der Waals surface area (Å²) in [5, 5.41) is -1.25. The third kappa shape index (κ3) is 10.9. The third-order valence-corrected chi connectivity index (χ3v) is 6.27. The zero-order chi connectivity index (χ0) is 29.3. The Bertz CT molecular complexity index is 1100. The van der Waals surface area contributed by atoms with Crippen molar-refractivity contribution in [3.05, 3.63) is 102 Å². The van der Waals surface area contributed by atoms with Gasteiger partial charge in [0.05, 0.1) is 26.4 Å². The van der Waals surface area contributed by atoms with Crippen LogP contribution in [0.1, 0.15) is 28.2 Å². The van der Waals surface area contributed by atoms with Crippen molar-refractivity contribution in [2.75, 3.05) is 54.2 Å². The summed E-state index contributed by atoms with van der Waals surface area (Å²) in [4.78, 5) is 13.4. The van der Waals surface area contributed by atoms with E-state index in [2.05, 4.69) is 0 Å². The van der Waals surface area contributed by atoms with Crippen molar-refractivity contribution in [1.82, 2.24) is 0 Å². The van der Waals surface area contributed by atoms with Crippen LogP contribution in [-0.2, 0) is 38.0 Å². The van der Waals surface area contributed by atoms with Gasteiger partial charge < -0.3 is 28.4 Å². The highest BCUT2D eigenvalue weighted by molar-refractivity contribution is 6.30. The van der Waals surface area contributed by atoms with Crippen LogP contribution in [0.2, 0.25) is 0 Å². The number of esters is 1. The first-order chi connectivity index (χ1) is 20.0. The van der Waals surface area contributed by atoms with Gasteiger partial charge >= 0.3 is 11.4 Å². The zero-order valence-electron chi connectivity index (χ0n) is 22.9. The highest BCUT2D eigenvalue weighted by atomic mass is 35.5. The quantitative estimate of drug-likeness (QED) is 0.0724. The largest absolute Gasteiger partial charge is 0.451 e. The van der Waals surface area contributed by atoms with E-state index in [-0.39, 0.29) is 38.1 Å². The Kier molecular flexibility index (Phi) is 14.3. The van der Waals surface area contributed by atoms with Gasteiger partial charge in [-0.1, -0.05) is 78.9 Å². The molecule has 1 atom stereocenters. The summed E-state index contributed by atoms with van der Waals surface area (Å²) in [5.74, 6) is -0.558. The molecular formula is C30H34Cl2O9. The van der Waals surface area contributed by atoms with Crippen LogP contribution in [0.3, 0.4) is 0 Å². The number of carbonyl (C=O) groups excluding carboxylic acids is 1. The van der Waals surface area contributed by atoms with Crippen LogP contribution in [0.25, 0.3) is 0 Å². The maximum atomic E-state index is 13.4. The van der Waals surface area contributed by atoms with Crippen LogP contribution < -0.4 is 4.74 Å². The molecule has 0 radical (unpaired) electrons. The zero-order valence-corrected chi connectivity index (χ0v) is 24.4. The van der Waals surface area contributed by atoms with Crippen LogP contribution in [0.15, 0.2) is 84.9 Å². The van der Waals surface area contributed by atoms with E-state index in [9.17, 15) is 4.79 Å². The monoisotopic (exact) mass is 608 g/mol. The van der Waals surface area contributed by atoms with Gasteiger partial charge in [0.2, 0.25) is 0 Å². The number of benzene rings is 3. The second kappa shape index (κ2) is 17.9. The van der Waals surface area contributed by atoms with E-state index >= 15 is 0 Å². The first-order valence-corrected chi connectivity index (χ1v) is 13.6. The highest BCUT2D eigenvalue weighted by Crippen LogP contribution is 2.37. The average molecular weight is 609 g/mol. The van der Waals surface area contributed by atoms with E-state index in [1.165, 1.54) is 0 Å². The lowest BCUT2D eigenvalue weighted by atomic mass is 10.0. The summed E-state index contributed by atoms with van der Waals surface area (Å²) in [7, 11) is 3.10. The number of para-hydroxylation sites is 1. The Balaban J connectivity index is 1.77. The van der Waals surface area contributed by atoms with Gasteiger partial charge in [0, 0.05) is 19.8 Å². The molecule has 0 aliphatic heterocycles. The van der Waals surface area contributed by atoms with Crippen LogP contribution in [0.5, 0.6) is 5.75 Å². The van der Waals surface area contributed by atoms with E-state index in [4.69, 9.17) is 61.1 Å². The molecule has 0 saturated carbocycles. The molecule has 0 amide bonds. The molecular weight excluding hydrogens is 575 g/mol. The molecule has 11 heteroatoms. The van der Waals surface area contributed by atoms with Gasteiger partial charge in [-0.15, -0.1) is 11.6 Å². The maximum Gasteiger partial charge on any atom is 0.420 e. The normalized spacial score (nSPS) is 12.3. The maximum absolute atomic E-state index is 13.4. The number of hydrogen-bond donors (Lipinski definition) is 0. The Morgan fingerprint density at radius 1 is 0.732 bits per heavy atom. The second-order valence-corrected chi connectivity index (χ2v) is 9.35. The number of rotatable bonds is 19. The molecule has 41 heavy (non-hydrogen) atoms. The van der Waals surface area contributed by atoms with E-state index in [0.29, 0.717) is 13.2 Å². The fourth-order valence-corrected chi connectivity index (χ4v) is 3.93. The van der Waals surface area contributed by atoms with Gasteiger partial charge in [-0.3, -0.25) is 14.3 Å². The van der Waals surface area contributed by atoms with Crippen molar-refractivity contribution in [2.24, 2.45) is 0 Å². The fraction of sp³-hybridized carbons (Fsp3) is 0.367. The number of methoxy groups -OCH3 is 2. The van der Waals surface area contributed by atoms with Crippen molar-refractivity contribution in [3.63, 3.8) is 0 Å². The van der Waals surface area contributed by atoms with Crippen LogP contribution >= 0.6 is 23.2 Å². The summed E-state index contributed by atoms with van der Waals surface area (Å²) in [6.07, 6.45) is -0.675. The number of ether oxygens (including phenoxy) is 8. The minimum Gasteiger partial charge on any atom is -0.451 e. The minimum absolute atomic E-state index is 0.129. The molecule has 222 valence electrons. The van der Waals surface area contributed by atoms with E-state index < -0.39 is 22.9 Å². The van der Waals surface area contributed by atoms with Crippen molar-refractivity contribution in [3.8, 4) is 5.75 Å². The molecule has 0 bridgehead atoms. The average Bonchev–Trinajstić information content (AvgIpc) is 3.00. The summed E-state index contributed by atoms with van der Waals surface area (Å²) in [5.41, 5.74) is -0.294. The van der Waals surface area contributed by atoms with Gasteiger partial charge in [0.15, 0.2) is 25.1 Å². The van der Waals surface area contributed by atoms with Crippen LogP contribution in [-0.4, -0.2) is 65.6 Å². The van der Waals surface area contributed by atoms with Crippen molar-refractivity contribution in [1.29, 1.82) is 0 Å². The molecule has 0 N–H and O–H groups in total. The fourth-order valence-electron chi connectivity index (χ4n) is 3.53. The number of halogens is 2. The molecule has 0 aliphatic rings. The van der Waals surface area contributed by atoms with Crippen LogP contribution in [0, 0.1) is 0 Å². The third-order valence-electron chi connectivity index (χ3n) is 5.56.